The smallest absolute Gasteiger partial charge is 0.434 e. The first-order chi connectivity index (χ1) is 19.5. The van der Waals surface area contributed by atoms with Gasteiger partial charge in [0.25, 0.3) is 0 Å². The standard InChI is InChI=1S/C32H41O7PSi/c1-23(22-40(34,38-25-13-9-7-10-14-25)39-26-15-11-8-12-16-26)17-18-27-30(35-3)24(2)28-21-37-32(33)29(28)31(27)36-19-20-41(4,5)6/h7-17,27,30H,18-22H2,1-6H3/b23-17+. The normalized spacial score (nSPS) is 19.7. The molecule has 1 fully saturated rings. The maximum atomic E-state index is 14.1. The summed E-state index contributed by atoms with van der Waals surface area (Å²) in [5, 5.41) is 0. The van der Waals surface area contributed by atoms with Gasteiger partial charge in [0.1, 0.15) is 29.4 Å². The first-order valence-corrected chi connectivity index (χ1v) is 19.4. The van der Waals surface area contributed by atoms with Crippen LogP contribution >= 0.6 is 7.60 Å². The molecule has 2 atom stereocenters. The fraction of sp³-hybridized carbons (Fsp3) is 0.406. The van der Waals surface area contributed by atoms with E-state index in [-0.39, 0.29) is 30.8 Å². The Kier molecular flexibility index (Phi) is 10.0. The SMILES string of the molecule is COC1C(C)=C2COC(=O)C2=C(OCC[Si](C)(C)C)C1C/C=C(\C)CP(=O)(Oc1ccccc1)Oc1ccccc1. The van der Waals surface area contributed by atoms with Gasteiger partial charge >= 0.3 is 13.6 Å². The summed E-state index contributed by atoms with van der Waals surface area (Å²) in [5.41, 5.74) is 3.21. The monoisotopic (exact) mass is 596 g/mol. The van der Waals surface area contributed by atoms with Crippen LogP contribution in [0.15, 0.2) is 94.8 Å². The highest BCUT2D eigenvalue weighted by molar-refractivity contribution is 7.54. The zero-order chi connectivity index (χ0) is 29.6. The Balaban J connectivity index is 1.60. The average Bonchev–Trinajstić information content (AvgIpc) is 3.30. The van der Waals surface area contributed by atoms with E-state index in [2.05, 4.69) is 19.6 Å². The Hall–Kier alpha value is -3.06. The van der Waals surface area contributed by atoms with Crippen molar-refractivity contribution in [2.75, 3.05) is 26.5 Å². The zero-order valence-corrected chi connectivity index (χ0v) is 26.7. The number of methoxy groups -OCH3 is 1. The molecule has 41 heavy (non-hydrogen) atoms. The van der Waals surface area contributed by atoms with Crippen LogP contribution in [0.5, 0.6) is 11.5 Å². The van der Waals surface area contributed by atoms with Gasteiger partial charge in [-0.2, -0.15) is 0 Å². The van der Waals surface area contributed by atoms with E-state index >= 15 is 0 Å². The molecule has 1 saturated heterocycles. The second kappa shape index (κ2) is 13.3. The number of carbonyl (C=O) groups is 1. The molecule has 2 aliphatic rings. The number of hydrogen-bond acceptors (Lipinski definition) is 7. The van der Waals surface area contributed by atoms with Crippen LogP contribution in [0.2, 0.25) is 25.7 Å². The molecule has 7 nitrogen and oxygen atoms in total. The predicted octanol–water partition coefficient (Wildman–Crippen LogP) is 7.80. The van der Waals surface area contributed by atoms with Gasteiger partial charge in [-0.3, -0.25) is 0 Å². The summed E-state index contributed by atoms with van der Waals surface area (Å²) < 4.78 is 43.8. The van der Waals surface area contributed by atoms with Gasteiger partial charge in [0.15, 0.2) is 0 Å². The number of benzene rings is 2. The summed E-state index contributed by atoms with van der Waals surface area (Å²) >= 11 is 0. The summed E-state index contributed by atoms with van der Waals surface area (Å²) in [4.78, 5) is 12.8. The number of fused-ring (bicyclic) bond motifs is 1. The third-order valence-electron chi connectivity index (χ3n) is 7.21. The van der Waals surface area contributed by atoms with Crippen molar-refractivity contribution in [2.24, 2.45) is 5.92 Å². The molecule has 0 radical (unpaired) electrons. The lowest BCUT2D eigenvalue weighted by atomic mass is 9.80. The maximum Gasteiger partial charge on any atom is 0.434 e. The van der Waals surface area contributed by atoms with E-state index in [1.54, 1.807) is 31.4 Å². The molecule has 0 saturated carbocycles. The Morgan fingerprint density at radius 3 is 2.15 bits per heavy atom. The van der Waals surface area contributed by atoms with Gasteiger partial charge in [-0.05, 0) is 56.2 Å². The van der Waals surface area contributed by atoms with Crippen molar-refractivity contribution >= 4 is 21.6 Å². The maximum absolute atomic E-state index is 14.1. The van der Waals surface area contributed by atoms with Crippen molar-refractivity contribution in [1.82, 2.24) is 0 Å². The molecule has 0 amide bonds. The van der Waals surface area contributed by atoms with Crippen LogP contribution in [0, 0.1) is 5.92 Å². The summed E-state index contributed by atoms with van der Waals surface area (Å²) in [6.07, 6.45) is 2.35. The molecule has 0 spiro atoms. The molecule has 0 aromatic heterocycles. The largest absolute Gasteiger partial charge is 0.497 e. The second-order valence-electron chi connectivity index (χ2n) is 11.8. The van der Waals surface area contributed by atoms with Crippen LogP contribution in [0.4, 0.5) is 0 Å². The van der Waals surface area contributed by atoms with Gasteiger partial charge in [-0.25, -0.2) is 9.36 Å². The van der Waals surface area contributed by atoms with Gasteiger partial charge in [0.05, 0.1) is 24.8 Å². The predicted molar refractivity (Wildman–Crippen MR) is 164 cm³/mol. The molecule has 2 aromatic rings. The van der Waals surface area contributed by atoms with Crippen molar-refractivity contribution in [3.63, 3.8) is 0 Å². The molecule has 0 bridgehead atoms. The lowest BCUT2D eigenvalue weighted by Gasteiger charge is -2.34. The van der Waals surface area contributed by atoms with Gasteiger partial charge in [0, 0.05) is 20.8 Å². The number of esters is 1. The van der Waals surface area contributed by atoms with Crippen LogP contribution in [-0.4, -0.2) is 46.6 Å². The molecule has 2 unspecified atom stereocenters. The number of allylic oxidation sites excluding steroid dienone is 2. The molecular weight excluding hydrogens is 555 g/mol. The van der Waals surface area contributed by atoms with Crippen LogP contribution < -0.4 is 9.05 Å². The minimum Gasteiger partial charge on any atom is -0.497 e. The quantitative estimate of drug-likeness (QED) is 0.101. The van der Waals surface area contributed by atoms with E-state index in [1.807, 2.05) is 56.3 Å². The minimum absolute atomic E-state index is 0.0889. The number of ether oxygens (including phenoxy) is 3. The van der Waals surface area contributed by atoms with Crippen LogP contribution in [0.25, 0.3) is 0 Å². The van der Waals surface area contributed by atoms with E-state index < -0.39 is 15.7 Å². The van der Waals surface area contributed by atoms with E-state index in [0.29, 0.717) is 35.9 Å². The molecule has 4 rings (SSSR count). The molecule has 1 heterocycles. The third kappa shape index (κ3) is 8.03. The highest BCUT2D eigenvalue weighted by Gasteiger charge is 2.43. The number of carbonyl (C=O) groups excluding carboxylic acids is 1. The number of para-hydroxylation sites is 2. The van der Waals surface area contributed by atoms with Crippen molar-refractivity contribution in [3.8, 4) is 11.5 Å². The van der Waals surface area contributed by atoms with Gasteiger partial charge in [-0.1, -0.05) is 67.7 Å². The Morgan fingerprint density at radius 1 is 1.02 bits per heavy atom. The Morgan fingerprint density at radius 2 is 1.61 bits per heavy atom. The Labute approximate surface area is 244 Å². The highest BCUT2D eigenvalue weighted by atomic mass is 31.2. The van der Waals surface area contributed by atoms with Crippen molar-refractivity contribution in [2.45, 2.75) is 52.1 Å². The minimum atomic E-state index is -3.62. The van der Waals surface area contributed by atoms with Crippen LogP contribution in [0.1, 0.15) is 20.3 Å². The summed E-state index contributed by atoms with van der Waals surface area (Å²) in [6.45, 7) is 11.6. The molecule has 0 N–H and O–H groups in total. The molecule has 2 aromatic carbocycles. The lowest BCUT2D eigenvalue weighted by molar-refractivity contribution is -0.135. The molecule has 220 valence electrons. The van der Waals surface area contributed by atoms with Crippen molar-refractivity contribution in [3.05, 3.63) is 94.8 Å². The first kappa shape index (κ1) is 30.9. The fourth-order valence-corrected chi connectivity index (χ4v) is 7.55. The molecular formula is C32H41O7PSi. The first-order valence-electron chi connectivity index (χ1n) is 14.0. The topological polar surface area (TPSA) is 80.3 Å². The van der Waals surface area contributed by atoms with Crippen LogP contribution in [0.3, 0.4) is 0 Å². The van der Waals surface area contributed by atoms with Gasteiger partial charge in [-0.15, -0.1) is 0 Å². The fourth-order valence-electron chi connectivity index (χ4n) is 5.05. The Bertz CT molecular complexity index is 1310. The number of cyclic esters (lactones) is 1. The van der Waals surface area contributed by atoms with E-state index in [4.69, 9.17) is 23.3 Å². The highest BCUT2D eigenvalue weighted by Crippen LogP contribution is 2.50. The number of hydrogen-bond donors (Lipinski definition) is 0. The van der Waals surface area contributed by atoms with Crippen molar-refractivity contribution < 1.29 is 32.6 Å². The number of rotatable bonds is 13. The van der Waals surface area contributed by atoms with E-state index in [1.165, 1.54) is 0 Å². The van der Waals surface area contributed by atoms with Crippen molar-refractivity contribution in [1.29, 1.82) is 0 Å². The molecule has 1 aliphatic heterocycles. The zero-order valence-electron chi connectivity index (χ0n) is 24.8. The lowest BCUT2D eigenvalue weighted by Crippen LogP contribution is -2.33. The van der Waals surface area contributed by atoms with Crippen LogP contribution in [-0.2, 0) is 23.6 Å². The van der Waals surface area contributed by atoms with Gasteiger partial charge < -0.3 is 23.3 Å². The van der Waals surface area contributed by atoms with E-state index in [0.717, 1.165) is 22.8 Å². The average molecular weight is 597 g/mol. The summed E-state index contributed by atoms with van der Waals surface area (Å²) in [5.74, 6) is 1.00. The van der Waals surface area contributed by atoms with Gasteiger partial charge in [0.2, 0.25) is 0 Å². The molecule has 9 heteroatoms. The summed E-state index contributed by atoms with van der Waals surface area (Å²) in [6, 6.07) is 19.1. The van der Waals surface area contributed by atoms with E-state index in [9.17, 15) is 9.36 Å². The summed E-state index contributed by atoms with van der Waals surface area (Å²) in [7, 11) is -3.31. The third-order valence-corrected chi connectivity index (χ3v) is 10.8. The second-order valence-corrected chi connectivity index (χ2v) is 19.3. The molecule has 1 aliphatic carbocycles.